The van der Waals surface area contributed by atoms with Crippen molar-refractivity contribution in [3.8, 4) is 11.8 Å². The molecule has 3 rings (SSSR count). The van der Waals surface area contributed by atoms with Crippen LogP contribution in [0.5, 0.6) is 5.75 Å². The van der Waals surface area contributed by atoms with Crippen molar-refractivity contribution >= 4 is 50.2 Å². The Morgan fingerprint density at radius 2 is 1.89 bits per heavy atom. The zero-order valence-corrected chi connectivity index (χ0v) is 17.9. The molecule has 3 aromatic carbocycles. The molecule has 134 valence electrons. The lowest BCUT2D eigenvalue weighted by Crippen LogP contribution is -1.97. The lowest BCUT2D eigenvalue weighted by Gasteiger charge is -2.11. The van der Waals surface area contributed by atoms with Gasteiger partial charge in [0.25, 0.3) is 0 Å². The highest BCUT2D eigenvalue weighted by Crippen LogP contribution is 2.28. The summed E-state index contributed by atoms with van der Waals surface area (Å²) >= 11 is 5.71. The van der Waals surface area contributed by atoms with E-state index in [1.54, 1.807) is 18.2 Å². The molecule has 0 bridgehead atoms. The van der Waals surface area contributed by atoms with Crippen molar-refractivity contribution in [2.45, 2.75) is 6.61 Å². The molecule has 0 aliphatic rings. The Labute approximate surface area is 179 Å². The molecule has 0 aromatic heterocycles. The number of hydrogen-bond acceptors (Lipinski definition) is 2. The van der Waals surface area contributed by atoms with Gasteiger partial charge in [-0.2, -0.15) is 5.26 Å². The summed E-state index contributed by atoms with van der Waals surface area (Å²) in [6.45, 7) is 0.418. The van der Waals surface area contributed by atoms with Gasteiger partial charge in [0.2, 0.25) is 0 Å². The van der Waals surface area contributed by atoms with Crippen molar-refractivity contribution < 1.29 is 9.13 Å². The van der Waals surface area contributed by atoms with Crippen molar-refractivity contribution in [2.24, 2.45) is 0 Å². The van der Waals surface area contributed by atoms with E-state index in [-0.39, 0.29) is 5.82 Å². The number of halogens is 3. The number of hydrogen-bond donors (Lipinski definition) is 0. The van der Waals surface area contributed by atoms with Crippen LogP contribution in [0.4, 0.5) is 4.39 Å². The Kier molecular flexibility index (Phi) is 6.64. The van der Waals surface area contributed by atoms with E-state index in [2.05, 4.69) is 44.6 Å². The molecule has 0 saturated carbocycles. The number of nitriles is 1. The van der Waals surface area contributed by atoms with Gasteiger partial charge in [-0.3, -0.25) is 0 Å². The van der Waals surface area contributed by atoms with Gasteiger partial charge in [-0.1, -0.05) is 40.2 Å². The van der Waals surface area contributed by atoms with Crippen molar-refractivity contribution in [3.05, 3.63) is 97.3 Å². The normalized spacial score (nSPS) is 11.1. The van der Waals surface area contributed by atoms with Gasteiger partial charge in [0.05, 0.1) is 11.6 Å². The van der Waals surface area contributed by atoms with Crippen LogP contribution in [0.25, 0.3) is 11.6 Å². The van der Waals surface area contributed by atoms with Crippen LogP contribution in [0.1, 0.15) is 16.7 Å². The standard InChI is InChI=1S/C22H14BrFINO/c23-19-6-9-22(27-14-15-4-7-21(25)8-5-15)17(11-19)10-18(13-26)16-2-1-3-20(24)12-16/h1-12H,14H2/b18-10-. The maximum atomic E-state index is 13.5. The summed E-state index contributed by atoms with van der Waals surface area (Å²) in [6.07, 6.45) is 1.71. The van der Waals surface area contributed by atoms with Gasteiger partial charge in [0.15, 0.2) is 0 Å². The molecule has 0 aliphatic heterocycles. The molecule has 0 radical (unpaired) electrons. The SMILES string of the molecule is N#C/C(=C/c1cc(Br)ccc1OCc1ccc(I)cc1)c1cccc(F)c1. The third-order valence-electron chi connectivity index (χ3n) is 3.84. The molecule has 27 heavy (non-hydrogen) atoms. The van der Waals surface area contributed by atoms with Crippen molar-refractivity contribution in [2.75, 3.05) is 0 Å². The minimum atomic E-state index is -0.377. The molecule has 0 saturated heterocycles. The zero-order valence-electron chi connectivity index (χ0n) is 14.1. The first-order valence-corrected chi connectivity index (χ1v) is 9.97. The van der Waals surface area contributed by atoms with Gasteiger partial charge >= 0.3 is 0 Å². The Morgan fingerprint density at radius 3 is 2.59 bits per heavy atom. The van der Waals surface area contributed by atoms with Gasteiger partial charge in [-0.05, 0) is 82.3 Å². The molecule has 0 N–H and O–H groups in total. The summed E-state index contributed by atoms with van der Waals surface area (Å²) in [4.78, 5) is 0. The second kappa shape index (κ2) is 9.16. The number of benzene rings is 3. The fraction of sp³-hybridized carbons (Fsp3) is 0.0455. The van der Waals surface area contributed by atoms with Crippen LogP contribution in [-0.4, -0.2) is 0 Å². The lowest BCUT2D eigenvalue weighted by atomic mass is 10.0. The summed E-state index contributed by atoms with van der Waals surface area (Å²) in [5.74, 6) is 0.277. The van der Waals surface area contributed by atoms with Gasteiger partial charge in [-0.25, -0.2) is 4.39 Å². The van der Waals surface area contributed by atoms with Crippen LogP contribution in [0.2, 0.25) is 0 Å². The molecule has 0 aliphatic carbocycles. The second-order valence-electron chi connectivity index (χ2n) is 5.78. The van der Waals surface area contributed by atoms with E-state index in [0.717, 1.165) is 19.2 Å². The number of rotatable bonds is 5. The number of ether oxygens (including phenoxy) is 1. The maximum absolute atomic E-state index is 13.5. The van der Waals surface area contributed by atoms with Crippen LogP contribution in [0.15, 0.2) is 71.2 Å². The minimum absolute atomic E-state index is 0.367. The Morgan fingerprint density at radius 1 is 1.11 bits per heavy atom. The van der Waals surface area contributed by atoms with Crippen LogP contribution in [0, 0.1) is 20.7 Å². The summed E-state index contributed by atoms with van der Waals surface area (Å²) in [7, 11) is 0. The van der Waals surface area contributed by atoms with Crippen LogP contribution < -0.4 is 4.74 Å². The quantitative estimate of drug-likeness (QED) is 0.204. The Balaban J connectivity index is 1.91. The van der Waals surface area contributed by atoms with Crippen molar-refractivity contribution in [1.29, 1.82) is 5.26 Å². The van der Waals surface area contributed by atoms with E-state index >= 15 is 0 Å². The van der Waals surface area contributed by atoms with Gasteiger partial charge in [0, 0.05) is 13.6 Å². The summed E-state index contributed by atoms with van der Waals surface area (Å²) in [5, 5.41) is 9.53. The monoisotopic (exact) mass is 533 g/mol. The van der Waals surface area contributed by atoms with E-state index in [4.69, 9.17) is 4.74 Å². The third kappa shape index (κ3) is 5.41. The summed E-state index contributed by atoms with van der Waals surface area (Å²) < 4.78 is 21.5. The van der Waals surface area contributed by atoms with Gasteiger partial charge in [0.1, 0.15) is 18.2 Å². The number of nitrogens with zero attached hydrogens (tertiary/aromatic N) is 1. The highest BCUT2D eigenvalue weighted by molar-refractivity contribution is 14.1. The first-order valence-electron chi connectivity index (χ1n) is 8.10. The van der Waals surface area contributed by atoms with E-state index in [1.165, 1.54) is 12.1 Å². The molecule has 0 amide bonds. The fourth-order valence-electron chi connectivity index (χ4n) is 2.50. The molecule has 3 aromatic rings. The maximum Gasteiger partial charge on any atom is 0.127 e. The molecular weight excluding hydrogens is 520 g/mol. The molecule has 5 heteroatoms. The first kappa shape index (κ1) is 19.6. The molecule has 0 fully saturated rings. The third-order valence-corrected chi connectivity index (χ3v) is 5.05. The van der Waals surface area contributed by atoms with E-state index < -0.39 is 0 Å². The number of allylic oxidation sites excluding steroid dienone is 1. The van der Waals surface area contributed by atoms with E-state index in [9.17, 15) is 9.65 Å². The van der Waals surface area contributed by atoms with Crippen LogP contribution in [0.3, 0.4) is 0 Å². The topological polar surface area (TPSA) is 33.0 Å². The molecule has 0 unspecified atom stereocenters. The van der Waals surface area contributed by atoms with Gasteiger partial charge < -0.3 is 4.74 Å². The van der Waals surface area contributed by atoms with Crippen LogP contribution >= 0.6 is 38.5 Å². The molecule has 2 nitrogen and oxygen atoms in total. The molecule has 0 spiro atoms. The van der Waals surface area contributed by atoms with Crippen molar-refractivity contribution in [3.63, 3.8) is 0 Å². The summed E-state index contributed by atoms with van der Waals surface area (Å²) in [6, 6.07) is 21.8. The molecule has 0 heterocycles. The Bertz CT molecular complexity index is 1030. The predicted octanol–water partition coefficient (Wildman–Crippen LogP) is 6.84. The largest absolute Gasteiger partial charge is 0.488 e. The van der Waals surface area contributed by atoms with Gasteiger partial charge in [-0.15, -0.1) is 0 Å². The fourth-order valence-corrected chi connectivity index (χ4v) is 3.24. The Hall–Kier alpha value is -2.17. The van der Waals surface area contributed by atoms with Crippen molar-refractivity contribution in [1.82, 2.24) is 0 Å². The average Bonchev–Trinajstić information content (AvgIpc) is 2.66. The first-order chi connectivity index (χ1) is 13.0. The average molecular weight is 534 g/mol. The minimum Gasteiger partial charge on any atom is -0.488 e. The van der Waals surface area contributed by atoms with Crippen LogP contribution in [-0.2, 0) is 6.61 Å². The van der Waals surface area contributed by atoms with E-state index in [1.807, 2.05) is 42.5 Å². The lowest BCUT2D eigenvalue weighted by molar-refractivity contribution is 0.305. The molecular formula is C22H14BrFINO. The zero-order chi connectivity index (χ0) is 19.2. The summed E-state index contributed by atoms with van der Waals surface area (Å²) in [5.41, 5.74) is 2.70. The predicted molar refractivity (Wildman–Crippen MR) is 118 cm³/mol. The highest BCUT2D eigenvalue weighted by atomic mass is 127. The molecule has 0 atom stereocenters. The van der Waals surface area contributed by atoms with E-state index in [0.29, 0.717) is 23.5 Å². The second-order valence-corrected chi connectivity index (χ2v) is 7.94. The smallest absolute Gasteiger partial charge is 0.127 e. The highest BCUT2D eigenvalue weighted by Gasteiger charge is 2.08.